The maximum atomic E-state index is 12.3. The van der Waals surface area contributed by atoms with Gasteiger partial charge in [-0.25, -0.2) is 4.79 Å². The van der Waals surface area contributed by atoms with Crippen molar-refractivity contribution in [3.8, 4) is 0 Å². The zero-order chi connectivity index (χ0) is 23.0. The summed E-state index contributed by atoms with van der Waals surface area (Å²) in [7, 11) is 0. The summed E-state index contributed by atoms with van der Waals surface area (Å²) < 4.78 is 10.5. The Morgan fingerprint density at radius 2 is 1.97 bits per heavy atom. The van der Waals surface area contributed by atoms with Crippen molar-refractivity contribution in [1.82, 2.24) is 10.2 Å². The van der Waals surface area contributed by atoms with Gasteiger partial charge in [0.25, 0.3) is 11.6 Å². The zero-order valence-corrected chi connectivity index (χ0v) is 18.6. The first-order valence-corrected chi connectivity index (χ1v) is 11.2. The smallest absolute Gasteiger partial charge is 0.331 e. The Balaban J connectivity index is 1.48. The minimum Gasteiger partial charge on any atom is -0.452 e. The lowest BCUT2D eigenvalue weighted by molar-refractivity contribution is -0.384. The van der Waals surface area contributed by atoms with E-state index in [1.54, 1.807) is 6.07 Å². The number of nitrogens with zero attached hydrogens (tertiary/aromatic N) is 2. The molecule has 0 aromatic heterocycles. The summed E-state index contributed by atoms with van der Waals surface area (Å²) in [5.41, 5.74) is 0.107. The van der Waals surface area contributed by atoms with Crippen molar-refractivity contribution >= 4 is 35.2 Å². The third kappa shape index (κ3) is 6.51. The Kier molecular flexibility index (Phi) is 8.60. The first-order chi connectivity index (χ1) is 15.4. The van der Waals surface area contributed by atoms with E-state index >= 15 is 0 Å². The second kappa shape index (κ2) is 11.4. The van der Waals surface area contributed by atoms with Crippen LogP contribution in [-0.2, 0) is 19.1 Å². The van der Waals surface area contributed by atoms with Crippen LogP contribution in [0.15, 0.2) is 24.3 Å². The molecule has 9 nitrogen and oxygen atoms in total. The maximum Gasteiger partial charge on any atom is 0.331 e. The summed E-state index contributed by atoms with van der Waals surface area (Å²) in [6, 6.07) is 4.18. The number of rotatable bonds is 8. The van der Waals surface area contributed by atoms with Gasteiger partial charge in [0.15, 0.2) is 6.61 Å². The third-order valence-corrected chi connectivity index (χ3v) is 6.32. The number of benzene rings is 1. The molecule has 2 aliphatic rings. The van der Waals surface area contributed by atoms with E-state index in [1.807, 2.05) is 0 Å². The standard InChI is InChI=1S/C22H28ClN3O6/c23-18-6-4-17(14-19(18)26(29)30)5-7-21(28)32-15-20(27)24-16-22(8-2-1-3-9-22)25-10-12-31-13-11-25/h4-7,14H,1-3,8-13,15-16H2,(H,24,27)/b7-5-. The van der Waals surface area contributed by atoms with Crippen LogP contribution in [0.25, 0.3) is 6.08 Å². The molecule has 1 amide bonds. The lowest BCUT2D eigenvalue weighted by Gasteiger charge is -2.48. The van der Waals surface area contributed by atoms with Crippen molar-refractivity contribution in [2.24, 2.45) is 0 Å². The van der Waals surface area contributed by atoms with E-state index in [1.165, 1.54) is 24.6 Å². The Labute approximate surface area is 191 Å². The fraction of sp³-hybridized carbons (Fsp3) is 0.545. The van der Waals surface area contributed by atoms with E-state index in [9.17, 15) is 19.7 Å². The number of hydrogen-bond donors (Lipinski definition) is 1. The van der Waals surface area contributed by atoms with Gasteiger partial charge in [0.05, 0.1) is 18.1 Å². The molecule has 0 unspecified atom stereocenters. The monoisotopic (exact) mass is 465 g/mol. The van der Waals surface area contributed by atoms with Gasteiger partial charge in [-0.05, 0) is 30.5 Å². The molecule has 32 heavy (non-hydrogen) atoms. The van der Waals surface area contributed by atoms with Crippen molar-refractivity contribution in [2.45, 2.75) is 37.6 Å². The first-order valence-electron chi connectivity index (χ1n) is 10.8. The van der Waals surface area contributed by atoms with Crippen molar-refractivity contribution in [3.05, 3.63) is 45.0 Å². The second-order valence-electron chi connectivity index (χ2n) is 8.07. The van der Waals surface area contributed by atoms with Crippen molar-refractivity contribution in [1.29, 1.82) is 0 Å². The Morgan fingerprint density at radius 1 is 1.25 bits per heavy atom. The SMILES string of the molecule is O=C(COC(=O)/C=C\c1ccc(Cl)c([N+](=O)[O-])c1)NCC1(N2CCOCC2)CCCCC1. The van der Waals surface area contributed by atoms with Crippen LogP contribution >= 0.6 is 11.6 Å². The predicted octanol–water partition coefficient (Wildman–Crippen LogP) is 2.96. The average Bonchev–Trinajstić information content (AvgIpc) is 2.82. The number of halogens is 1. The number of hydrogen-bond acceptors (Lipinski definition) is 7. The van der Waals surface area contributed by atoms with E-state index in [4.69, 9.17) is 21.1 Å². The van der Waals surface area contributed by atoms with E-state index in [0.29, 0.717) is 25.3 Å². The fourth-order valence-corrected chi connectivity index (χ4v) is 4.48. The average molecular weight is 466 g/mol. The van der Waals surface area contributed by atoms with E-state index in [2.05, 4.69) is 10.2 Å². The summed E-state index contributed by atoms with van der Waals surface area (Å²) in [6.45, 7) is 3.26. The maximum absolute atomic E-state index is 12.3. The van der Waals surface area contributed by atoms with Crippen LogP contribution < -0.4 is 5.32 Å². The largest absolute Gasteiger partial charge is 0.452 e. The number of morpholine rings is 1. The lowest BCUT2D eigenvalue weighted by Crippen LogP contribution is -2.59. The molecule has 1 heterocycles. The molecular weight excluding hydrogens is 438 g/mol. The van der Waals surface area contributed by atoms with Crippen LogP contribution in [0.1, 0.15) is 37.7 Å². The van der Waals surface area contributed by atoms with Crippen LogP contribution in [0.3, 0.4) is 0 Å². The molecule has 0 spiro atoms. The molecule has 3 rings (SSSR count). The van der Waals surface area contributed by atoms with Crippen molar-refractivity contribution in [2.75, 3.05) is 39.5 Å². The van der Waals surface area contributed by atoms with Gasteiger partial charge in [-0.15, -0.1) is 0 Å². The number of carbonyl (C=O) groups is 2. The molecule has 10 heteroatoms. The molecule has 1 saturated heterocycles. The molecule has 1 aromatic carbocycles. The van der Waals surface area contributed by atoms with Gasteiger partial charge >= 0.3 is 5.97 Å². The van der Waals surface area contributed by atoms with Crippen molar-refractivity contribution in [3.63, 3.8) is 0 Å². The molecule has 1 N–H and O–H groups in total. The van der Waals surface area contributed by atoms with Gasteiger partial charge in [-0.3, -0.25) is 19.8 Å². The lowest BCUT2D eigenvalue weighted by atomic mass is 9.79. The number of nitro benzene ring substituents is 1. The summed E-state index contributed by atoms with van der Waals surface area (Å²) in [6.07, 6.45) is 8.04. The molecule has 1 aliphatic heterocycles. The Morgan fingerprint density at radius 3 is 2.66 bits per heavy atom. The van der Waals surface area contributed by atoms with Crippen LogP contribution in [0.5, 0.6) is 0 Å². The van der Waals surface area contributed by atoms with Gasteiger partial charge in [0, 0.05) is 37.3 Å². The van der Waals surface area contributed by atoms with Gasteiger partial charge in [-0.1, -0.05) is 36.9 Å². The summed E-state index contributed by atoms with van der Waals surface area (Å²) in [5.74, 6) is -1.06. The number of carbonyl (C=O) groups excluding carboxylic acids is 2. The van der Waals surface area contributed by atoms with Crippen molar-refractivity contribution < 1.29 is 24.0 Å². The zero-order valence-electron chi connectivity index (χ0n) is 17.9. The van der Waals surface area contributed by atoms with Gasteiger partial charge in [0.1, 0.15) is 5.02 Å². The topological polar surface area (TPSA) is 111 Å². The molecule has 0 atom stereocenters. The number of ether oxygens (including phenoxy) is 2. The molecule has 0 bridgehead atoms. The van der Waals surface area contributed by atoms with Crippen LogP contribution in [-0.4, -0.2) is 66.7 Å². The highest BCUT2D eigenvalue weighted by Gasteiger charge is 2.38. The highest BCUT2D eigenvalue weighted by molar-refractivity contribution is 6.32. The predicted molar refractivity (Wildman–Crippen MR) is 119 cm³/mol. The van der Waals surface area contributed by atoms with Gasteiger partial charge in [-0.2, -0.15) is 0 Å². The molecule has 2 fully saturated rings. The number of nitrogens with one attached hydrogen (secondary N) is 1. The first kappa shape index (κ1) is 24.2. The molecule has 1 aliphatic carbocycles. The van der Waals surface area contributed by atoms with E-state index in [-0.39, 0.29) is 28.8 Å². The van der Waals surface area contributed by atoms with E-state index < -0.39 is 10.9 Å². The van der Waals surface area contributed by atoms with Gasteiger partial charge < -0.3 is 14.8 Å². The van der Waals surface area contributed by atoms with Crippen LogP contribution in [0.4, 0.5) is 5.69 Å². The fourth-order valence-electron chi connectivity index (χ4n) is 4.29. The number of nitro groups is 1. The number of esters is 1. The van der Waals surface area contributed by atoms with E-state index in [0.717, 1.165) is 44.8 Å². The summed E-state index contributed by atoms with van der Waals surface area (Å²) in [4.78, 5) is 37.0. The quantitative estimate of drug-likeness (QED) is 0.272. The van der Waals surface area contributed by atoms with Crippen LogP contribution in [0, 0.1) is 10.1 Å². The normalized spacial score (nSPS) is 18.9. The molecule has 1 saturated carbocycles. The minimum absolute atomic E-state index is 0.0132. The highest BCUT2D eigenvalue weighted by Crippen LogP contribution is 2.33. The second-order valence-corrected chi connectivity index (χ2v) is 8.48. The number of amides is 1. The third-order valence-electron chi connectivity index (χ3n) is 6.01. The van der Waals surface area contributed by atoms with Gasteiger partial charge in [0.2, 0.25) is 0 Å². The molecular formula is C22H28ClN3O6. The Bertz CT molecular complexity index is 863. The highest BCUT2D eigenvalue weighted by atomic mass is 35.5. The molecule has 0 radical (unpaired) electrons. The molecule has 174 valence electrons. The minimum atomic E-state index is -0.710. The van der Waals surface area contributed by atoms with Crippen LogP contribution in [0.2, 0.25) is 5.02 Å². The summed E-state index contributed by atoms with van der Waals surface area (Å²) in [5, 5.41) is 13.9. The summed E-state index contributed by atoms with van der Waals surface area (Å²) >= 11 is 5.77. The Hall–Kier alpha value is -2.49. The molecule has 1 aromatic rings.